The Hall–Kier alpha value is -1.60. The Labute approximate surface area is 95.7 Å². The number of aromatic nitrogens is 1. The Morgan fingerprint density at radius 1 is 1.56 bits per heavy atom. The smallest absolute Gasteiger partial charge is 0.126 e. The van der Waals surface area contributed by atoms with E-state index < -0.39 is 0 Å². The third-order valence-electron chi connectivity index (χ3n) is 2.99. The number of pyridine rings is 1. The van der Waals surface area contributed by atoms with Gasteiger partial charge in [-0.1, -0.05) is 0 Å². The predicted molar refractivity (Wildman–Crippen MR) is 63.1 cm³/mol. The van der Waals surface area contributed by atoms with Crippen molar-refractivity contribution >= 4 is 5.82 Å². The fourth-order valence-corrected chi connectivity index (χ4v) is 1.98. The number of nitrogens with zero attached hydrogens (tertiary/aromatic N) is 2. The minimum atomic E-state index is 0.425. The molecule has 2 atom stereocenters. The van der Waals surface area contributed by atoms with Gasteiger partial charge in [0, 0.05) is 18.3 Å². The van der Waals surface area contributed by atoms with Crippen LogP contribution in [0.25, 0.3) is 0 Å². The second-order valence-corrected chi connectivity index (χ2v) is 4.18. The average molecular weight is 216 g/mol. The van der Waals surface area contributed by atoms with Crippen LogP contribution in [0.5, 0.6) is 0 Å². The van der Waals surface area contributed by atoms with Gasteiger partial charge in [-0.05, 0) is 38.4 Å². The van der Waals surface area contributed by atoms with Crippen LogP contribution in [0.3, 0.4) is 0 Å². The topological polar surface area (TPSA) is 60.7 Å². The van der Waals surface area contributed by atoms with E-state index in [9.17, 15) is 0 Å². The molecule has 0 radical (unpaired) electrons. The summed E-state index contributed by atoms with van der Waals surface area (Å²) in [6.45, 7) is 3.28. The quantitative estimate of drug-likeness (QED) is 0.786. The molecule has 4 nitrogen and oxygen atoms in total. The normalized spacial score (nSPS) is 24.8. The summed E-state index contributed by atoms with van der Waals surface area (Å²) in [5.74, 6) is 0.847. The number of anilines is 1. The van der Waals surface area contributed by atoms with Crippen molar-refractivity contribution in [2.75, 3.05) is 11.9 Å². The number of rotatable bonds is 2. The first-order valence-corrected chi connectivity index (χ1v) is 5.65. The second-order valence-electron chi connectivity index (χ2n) is 4.18. The molecule has 0 bridgehead atoms. The van der Waals surface area contributed by atoms with Crippen molar-refractivity contribution in [1.29, 1.82) is 5.26 Å². The van der Waals surface area contributed by atoms with Crippen molar-refractivity contribution in [2.45, 2.75) is 31.8 Å². The van der Waals surface area contributed by atoms with E-state index in [1.165, 1.54) is 6.42 Å². The first-order chi connectivity index (χ1) is 7.79. The third kappa shape index (κ3) is 2.50. The van der Waals surface area contributed by atoms with Gasteiger partial charge in [0.1, 0.15) is 11.9 Å². The molecule has 0 spiro atoms. The van der Waals surface area contributed by atoms with Crippen molar-refractivity contribution in [3.63, 3.8) is 0 Å². The van der Waals surface area contributed by atoms with Crippen molar-refractivity contribution in [3.05, 3.63) is 23.9 Å². The van der Waals surface area contributed by atoms with Crippen LogP contribution in [0.4, 0.5) is 5.82 Å². The average Bonchev–Trinajstić information content (AvgIpc) is 2.33. The third-order valence-corrected chi connectivity index (χ3v) is 2.99. The molecule has 1 aromatic rings. The summed E-state index contributed by atoms with van der Waals surface area (Å²) in [6.07, 6.45) is 3.96. The fourth-order valence-electron chi connectivity index (χ4n) is 1.98. The molecule has 0 aliphatic carbocycles. The van der Waals surface area contributed by atoms with Gasteiger partial charge in [0.25, 0.3) is 0 Å². The highest BCUT2D eigenvalue weighted by Crippen LogP contribution is 2.14. The molecular formula is C12H16N4. The SMILES string of the molecule is CC1NCCCC1Nc1ccc(C#N)cn1. The molecule has 1 aliphatic heterocycles. The summed E-state index contributed by atoms with van der Waals surface area (Å²) >= 11 is 0. The molecule has 1 fully saturated rings. The Kier molecular flexibility index (Phi) is 3.37. The largest absolute Gasteiger partial charge is 0.366 e. The van der Waals surface area contributed by atoms with Crippen LogP contribution in [0.2, 0.25) is 0 Å². The van der Waals surface area contributed by atoms with E-state index in [1.54, 1.807) is 12.3 Å². The molecule has 1 aliphatic rings. The zero-order valence-corrected chi connectivity index (χ0v) is 9.40. The van der Waals surface area contributed by atoms with E-state index >= 15 is 0 Å². The Morgan fingerprint density at radius 2 is 2.44 bits per heavy atom. The molecule has 84 valence electrons. The highest BCUT2D eigenvalue weighted by molar-refractivity contribution is 5.40. The van der Waals surface area contributed by atoms with Crippen molar-refractivity contribution in [3.8, 4) is 6.07 Å². The summed E-state index contributed by atoms with van der Waals surface area (Å²) < 4.78 is 0. The Morgan fingerprint density at radius 3 is 3.06 bits per heavy atom. The lowest BCUT2D eigenvalue weighted by molar-refractivity contribution is 0.389. The molecule has 1 aromatic heterocycles. The lowest BCUT2D eigenvalue weighted by atomic mass is 10.00. The maximum Gasteiger partial charge on any atom is 0.126 e. The lowest BCUT2D eigenvalue weighted by Crippen LogP contribution is -2.46. The molecule has 16 heavy (non-hydrogen) atoms. The molecule has 1 saturated heterocycles. The maximum atomic E-state index is 8.67. The van der Waals surface area contributed by atoms with E-state index in [2.05, 4.69) is 28.6 Å². The van der Waals surface area contributed by atoms with Gasteiger partial charge in [-0.2, -0.15) is 5.26 Å². The molecule has 0 amide bonds. The van der Waals surface area contributed by atoms with Crippen LogP contribution in [0, 0.1) is 11.3 Å². The van der Waals surface area contributed by atoms with E-state index in [0.717, 1.165) is 18.8 Å². The zero-order chi connectivity index (χ0) is 11.4. The summed E-state index contributed by atoms with van der Waals surface area (Å²) in [5, 5.41) is 15.5. The van der Waals surface area contributed by atoms with Gasteiger partial charge >= 0.3 is 0 Å². The minimum absolute atomic E-state index is 0.425. The lowest BCUT2D eigenvalue weighted by Gasteiger charge is -2.31. The molecule has 0 saturated carbocycles. The van der Waals surface area contributed by atoms with Crippen LogP contribution in [0.1, 0.15) is 25.3 Å². The molecular weight excluding hydrogens is 200 g/mol. The standard InChI is InChI=1S/C12H16N4/c1-9-11(3-2-6-14-9)16-12-5-4-10(7-13)8-15-12/h4-5,8-9,11,14H,2-3,6H2,1H3,(H,15,16). The molecule has 2 unspecified atom stereocenters. The second kappa shape index (κ2) is 4.95. The first-order valence-electron chi connectivity index (χ1n) is 5.65. The van der Waals surface area contributed by atoms with Gasteiger partial charge in [-0.25, -0.2) is 4.98 Å². The van der Waals surface area contributed by atoms with Crippen molar-refractivity contribution in [1.82, 2.24) is 10.3 Å². The maximum absolute atomic E-state index is 8.67. The van der Waals surface area contributed by atoms with E-state index in [4.69, 9.17) is 5.26 Å². The number of piperidine rings is 1. The Bertz CT molecular complexity index is 379. The van der Waals surface area contributed by atoms with Gasteiger partial charge in [0.2, 0.25) is 0 Å². The summed E-state index contributed by atoms with van der Waals surface area (Å²) in [7, 11) is 0. The number of nitriles is 1. The molecule has 2 heterocycles. The first kappa shape index (κ1) is 10.9. The van der Waals surface area contributed by atoms with E-state index in [-0.39, 0.29) is 0 Å². The van der Waals surface area contributed by atoms with E-state index in [1.807, 2.05) is 6.07 Å². The van der Waals surface area contributed by atoms with Crippen LogP contribution < -0.4 is 10.6 Å². The predicted octanol–water partition coefficient (Wildman–Crippen LogP) is 1.51. The van der Waals surface area contributed by atoms with Crippen LogP contribution in [-0.2, 0) is 0 Å². The Balaban J connectivity index is 2.00. The van der Waals surface area contributed by atoms with Crippen molar-refractivity contribution < 1.29 is 0 Å². The van der Waals surface area contributed by atoms with Gasteiger partial charge in [-0.15, -0.1) is 0 Å². The monoisotopic (exact) mass is 216 g/mol. The van der Waals surface area contributed by atoms with Gasteiger partial charge < -0.3 is 10.6 Å². The van der Waals surface area contributed by atoms with Crippen LogP contribution in [0.15, 0.2) is 18.3 Å². The van der Waals surface area contributed by atoms with Crippen LogP contribution >= 0.6 is 0 Å². The fraction of sp³-hybridized carbons (Fsp3) is 0.500. The number of nitrogens with one attached hydrogen (secondary N) is 2. The summed E-state index contributed by atoms with van der Waals surface area (Å²) in [4.78, 5) is 4.22. The molecule has 4 heteroatoms. The van der Waals surface area contributed by atoms with Gasteiger partial charge in [0.05, 0.1) is 5.56 Å². The summed E-state index contributed by atoms with van der Waals surface area (Å²) in [6, 6.07) is 6.60. The van der Waals surface area contributed by atoms with Crippen LogP contribution in [-0.4, -0.2) is 23.6 Å². The molecule has 2 N–H and O–H groups in total. The molecule has 2 rings (SSSR count). The summed E-state index contributed by atoms with van der Waals surface area (Å²) in [5.41, 5.74) is 0.598. The van der Waals surface area contributed by atoms with Gasteiger partial charge in [0.15, 0.2) is 0 Å². The number of hydrogen-bond acceptors (Lipinski definition) is 4. The molecule has 0 aromatic carbocycles. The zero-order valence-electron chi connectivity index (χ0n) is 9.40. The van der Waals surface area contributed by atoms with Crippen molar-refractivity contribution in [2.24, 2.45) is 0 Å². The highest BCUT2D eigenvalue weighted by atomic mass is 15.1. The number of hydrogen-bond donors (Lipinski definition) is 2. The highest BCUT2D eigenvalue weighted by Gasteiger charge is 2.20. The van der Waals surface area contributed by atoms with E-state index in [0.29, 0.717) is 17.6 Å². The van der Waals surface area contributed by atoms with Gasteiger partial charge in [-0.3, -0.25) is 0 Å². The minimum Gasteiger partial charge on any atom is -0.366 e.